The number of β-lactam (4-membered cyclic amide) rings is 1. The van der Waals surface area contributed by atoms with Crippen molar-refractivity contribution in [3.8, 4) is 0 Å². The number of hydrogen-bond donors (Lipinski definition) is 1. The molecule has 1 amide bonds. The van der Waals surface area contributed by atoms with Gasteiger partial charge in [0.1, 0.15) is 6.04 Å². The molecule has 2 aromatic rings. The fraction of sp³-hybridized carbons (Fsp3) is 0.618. The Balaban J connectivity index is 1.90. The average Bonchev–Trinajstić information content (AvgIpc) is 2.87. The standard InChI is InChI=1S/C34H54N2OSi/c1-8-9-10-11-12-13-14-15-22-27-30-31(35-33(2,3)4)32(37)36(30)38(34(5,6)7,28-23-18-16-19-24-28)29-25-20-17-21-26-29/h16-21,23-26,30-31,35H,8-15,22,27H2,1-7H3/t30-,31-/m1/s1. The van der Waals surface area contributed by atoms with Crippen LogP contribution in [-0.4, -0.2) is 36.3 Å². The average molecular weight is 535 g/mol. The Bertz CT molecular complexity index is 938. The van der Waals surface area contributed by atoms with Crippen molar-refractivity contribution in [2.24, 2.45) is 0 Å². The molecule has 0 saturated carbocycles. The van der Waals surface area contributed by atoms with E-state index in [0.29, 0.717) is 0 Å². The van der Waals surface area contributed by atoms with Gasteiger partial charge in [-0.2, -0.15) is 0 Å². The molecule has 1 aliphatic rings. The summed E-state index contributed by atoms with van der Waals surface area (Å²) in [5.74, 6) is 0.287. The van der Waals surface area contributed by atoms with Gasteiger partial charge in [0.05, 0.1) is 0 Å². The van der Waals surface area contributed by atoms with E-state index in [1.807, 2.05) is 0 Å². The summed E-state index contributed by atoms with van der Waals surface area (Å²) in [7, 11) is -2.66. The van der Waals surface area contributed by atoms with E-state index >= 15 is 0 Å². The maximum Gasteiger partial charge on any atom is 0.234 e. The van der Waals surface area contributed by atoms with E-state index in [2.05, 4.69) is 119 Å². The van der Waals surface area contributed by atoms with E-state index in [4.69, 9.17) is 0 Å². The molecule has 0 radical (unpaired) electrons. The molecule has 1 fully saturated rings. The van der Waals surface area contributed by atoms with Crippen molar-refractivity contribution in [2.45, 2.75) is 135 Å². The van der Waals surface area contributed by atoms with Crippen LogP contribution in [0.4, 0.5) is 0 Å². The first-order valence-corrected chi connectivity index (χ1v) is 17.2. The molecule has 38 heavy (non-hydrogen) atoms. The third-order valence-electron chi connectivity index (χ3n) is 8.24. The van der Waals surface area contributed by atoms with Gasteiger partial charge in [0.25, 0.3) is 0 Å². The minimum absolute atomic E-state index is 0.0746. The number of benzene rings is 2. The largest absolute Gasteiger partial charge is 0.354 e. The molecule has 0 aliphatic carbocycles. The van der Waals surface area contributed by atoms with Crippen LogP contribution in [-0.2, 0) is 4.79 Å². The van der Waals surface area contributed by atoms with E-state index in [0.717, 1.165) is 6.42 Å². The van der Waals surface area contributed by atoms with E-state index in [9.17, 15) is 4.79 Å². The van der Waals surface area contributed by atoms with Gasteiger partial charge in [-0.05, 0) is 42.6 Å². The topological polar surface area (TPSA) is 32.3 Å². The van der Waals surface area contributed by atoms with Crippen molar-refractivity contribution in [2.75, 3.05) is 0 Å². The third kappa shape index (κ3) is 6.99. The van der Waals surface area contributed by atoms with Crippen LogP contribution in [0.1, 0.15) is 113 Å². The number of unbranched alkanes of at least 4 members (excludes halogenated alkanes) is 8. The number of amides is 1. The lowest BCUT2D eigenvalue weighted by Crippen LogP contribution is -2.87. The van der Waals surface area contributed by atoms with Gasteiger partial charge in [-0.15, -0.1) is 0 Å². The molecule has 1 heterocycles. The number of rotatable bonds is 14. The molecular weight excluding hydrogens is 480 g/mol. The van der Waals surface area contributed by atoms with E-state index in [-0.39, 0.29) is 28.6 Å². The summed E-state index contributed by atoms with van der Waals surface area (Å²) < 4.78 is 2.41. The second-order valence-electron chi connectivity index (χ2n) is 13.5. The van der Waals surface area contributed by atoms with E-state index in [1.54, 1.807) is 0 Å². The zero-order valence-electron chi connectivity index (χ0n) is 25.4. The second kappa shape index (κ2) is 13.4. The van der Waals surface area contributed by atoms with Gasteiger partial charge >= 0.3 is 0 Å². The molecule has 0 unspecified atom stereocenters. The Morgan fingerprint density at radius 1 is 0.711 bits per heavy atom. The highest BCUT2D eigenvalue weighted by atomic mass is 28.3. The lowest BCUT2D eigenvalue weighted by molar-refractivity contribution is -0.144. The minimum Gasteiger partial charge on any atom is -0.354 e. The van der Waals surface area contributed by atoms with Gasteiger partial charge < -0.3 is 4.57 Å². The Kier molecular flexibility index (Phi) is 10.8. The Morgan fingerprint density at radius 3 is 1.58 bits per heavy atom. The summed E-state index contributed by atoms with van der Waals surface area (Å²) in [6, 6.07) is 22.0. The van der Waals surface area contributed by atoms with Crippen LogP contribution in [0.15, 0.2) is 60.7 Å². The van der Waals surface area contributed by atoms with E-state index < -0.39 is 8.24 Å². The van der Waals surface area contributed by atoms with Gasteiger partial charge in [-0.3, -0.25) is 10.1 Å². The quantitative estimate of drug-likeness (QED) is 0.155. The highest BCUT2D eigenvalue weighted by Gasteiger charge is 2.63. The molecule has 1 N–H and O–H groups in total. The lowest BCUT2D eigenvalue weighted by atomic mass is 9.90. The lowest BCUT2D eigenvalue weighted by Gasteiger charge is -2.62. The highest BCUT2D eigenvalue weighted by molar-refractivity contribution is 7.03. The molecule has 1 saturated heterocycles. The first kappa shape index (κ1) is 30.6. The number of hydrogen-bond acceptors (Lipinski definition) is 2. The van der Waals surface area contributed by atoms with Gasteiger partial charge in [-0.25, -0.2) is 0 Å². The van der Waals surface area contributed by atoms with Crippen LogP contribution in [0, 0.1) is 0 Å². The number of nitrogens with zero attached hydrogens (tertiary/aromatic N) is 1. The molecule has 4 heteroatoms. The molecule has 0 spiro atoms. The normalized spacial score (nSPS) is 18.5. The van der Waals surface area contributed by atoms with Crippen molar-refractivity contribution < 1.29 is 4.79 Å². The highest BCUT2D eigenvalue weighted by Crippen LogP contribution is 2.44. The van der Waals surface area contributed by atoms with Crippen molar-refractivity contribution in [3.63, 3.8) is 0 Å². The van der Waals surface area contributed by atoms with Crippen molar-refractivity contribution in [1.82, 2.24) is 9.88 Å². The second-order valence-corrected chi connectivity index (χ2v) is 18.0. The smallest absolute Gasteiger partial charge is 0.234 e. The van der Waals surface area contributed by atoms with Crippen molar-refractivity contribution in [1.29, 1.82) is 0 Å². The SMILES string of the molecule is CCCCCCCCCCC[C@@H]1[C@@H](NC(C)(C)C)C(=O)N1[Si](c1ccccc1)(c1ccccc1)C(C)(C)C. The summed E-state index contributed by atoms with van der Waals surface area (Å²) in [5.41, 5.74) is -0.103. The van der Waals surface area contributed by atoms with E-state index in [1.165, 1.54) is 68.2 Å². The number of carbonyl (C=O) groups is 1. The van der Waals surface area contributed by atoms with Gasteiger partial charge in [0.2, 0.25) is 14.1 Å². The molecule has 3 nitrogen and oxygen atoms in total. The zero-order valence-corrected chi connectivity index (χ0v) is 26.4. The Hall–Kier alpha value is -1.91. The summed E-state index contributed by atoms with van der Waals surface area (Å²) in [4.78, 5) is 14.2. The monoisotopic (exact) mass is 534 g/mol. The third-order valence-corrected chi connectivity index (χ3v) is 14.0. The maximum atomic E-state index is 14.2. The van der Waals surface area contributed by atoms with Crippen LogP contribution >= 0.6 is 0 Å². The van der Waals surface area contributed by atoms with Gasteiger partial charge in [-0.1, -0.05) is 146 Å². The Morgan fingerprint density at radius 2 is 1.16 bits per heavy atom. The first-order valence-electron chi connectivity index (χ1n) is 15.3. The van der Waals surface area contributed by atoms with Crippen LogP contribution in [0.3, 0.4) is 0 Å². The molecule has 2 atom stereocenters. The summed E-state index contributed by atoms with van der Waals surface area (Å²) >= 11 is 0. The first-order chi connectivity index (χ1) is 18.0. The molecule has 210 valence electrons. The molecule has 2 aromatic carbocycles. The van der Waals surface area contributed by atoms with Crippen molar-refractivity contribution >= 4 is 24.5 Å². The fourth-order valence-electron chi connectivity index (χ4n) is 6.57. The summed E-state index contributed by atoms with van der Waals surface area (Å²) in [6.07, 6.45) is 13.0. The maximum absolute atomic E-state index is 14.2. The van der Waals surface area contributed by atoms with Crippen molar-refractivity contribution in [3.05, 3.63) is 60.7 Å². The number of nitrogens with one attached hydrogen (secondary N) is 1. The van der Waals surface area contributed by atoms with Gasteiger partial charge in [0, 0.05) is 11.6 Å². The summed E-state index contributed by atoms with van der Waals surface area (Å²) in [5, 5.41) is 6.31. The van der Waals surface area contributed by atoms with Crippen LogP contribution < -0.4 is 15.7 Å². The number of carbonyl (C=O) groups excluding carboxylic acids is 1. The van der Waals surface area contributed by atoms with Crippen LogP contribution in [0.2, 0.25) is 5.04 Å². The molecule has 0 bridgehead atoms. The van der Waals surface area contributed by atoms with Crippen LogP contribution in [0.5, 0.6) is 0 Å². The predicted molar refractivity (Wildman–Crippen MR) is 167 cm³/mol. The molecule has 0 aromatic heterocycles. The van der Waals surface area contributed by atoms with Gasteiger partial charge in [0.15, 0.2) is 0 Å². The summed E-state index contributed by atoms with van der Waals surface area (Å²) in [6.45, 7) is 15.9. The molecular formula is C34H54N2OSi. The minimum atomic E-state index is -2.66. The fourth-order valence-corrected chi connectivity index (χ4v) is 12.5. The van der Waals surface area contributed by atoms with Crippen LogP contribution in [0.25, 0.3) is 0 Å². The predicted octanol–water partition coefficient (Wildman–Crippen LogP) is 7.43. The molecule has 3 rings (SSSR count). The molecule has 1 aliphatic heterocycles. The zero-order chi connectivity index (χ0) is 27.8. The Labute approximate surface area is 234 Å².